The molecule has 152 valence electrons. The predicted octanol–water partition coefficient (Wildman–Crippen LogP) is 2.21. The van der Waals surface area contributed by atoms with Gasteiger partial charge in [-0.2, -0.15) is 0 Å². The number of unbranched alkanes of at least 4 members (excludes halogenated alkanes) is 1. The minimum absolute atomic E-state index is 0.285. The summed E-state index contributed by atoms with van der Waals surface area (Å²) in [4.78, 5) is 30.8. The summed E-state index contributed by atoms with van der Waals surface area (Å²) in [5.41, 5.74) is 1.44. The molecule has 1 saturated heterocycles. The van der Waals surface area contributed by atoms with E-state index in [2.05, 4.69) is 18.8 Å². The highest BCUT2D eigenvalue weighted by Gasteiger charge is 2.40. The zero-order valence-corrected chi connectivity index (χ0v) is 16.4. The van der Waals surface area contributed by atoms with Crippen LogP contribution in [0.4, 0.5) is 0 Å². The van der Waals surface area contributed by atoms with Gasteiger partial charge in [0.15, 0.2) is 0 Å². The van der Waals surface area contributed by atoms with Crippen molar-refractivity contribution in [3.05, 3.63) is 17.8 Å². The second kappa shape index (κ2) is 9.85. The van der Waals surface area contributed by atoms with E-state index in [0.717, 1.165) is 31.4 Å². The van der Waals surface area contributed by atoms with Gasteiger partial charge in [0.1, 0.15) is 17.9 Å². The standard InChI is InChI=1S/C19H31N3O5/c1-4-5-7-14(16(23)17(24)21-26)19(25)22-9-6-8-15(22)18-20-11-13(27-18)10-12(2)3/h11-12,14-16,23,26H,4-10H2,1-3H3,(H,21,24). The molecule has 2 rings (SSSR count). The number of likely N-dealkylation sites (tertiary alicyclic amines) is 1. The van der Waals surface area contributed by atoms with Gasteiger partial charge in [-0.15, -0.1) is 0 Å². The number of hydrogen-bond donors (Lipinski definition) is 3. The molecule has 1 aliphatic heterocycles. The Bertz CT molecular complexity index is 631. The van der Waals surface area contributed by atoms with Crippen molar-refractivity contribution < 1.29 is 24.3 Å². The zero-order chi connectivity index (χ0) is 20.0. The second-order valence-corrected chi connectivity index (χ2v) is 7.62. The van der Waals surface area contributed by atoms with E-state index in [1.807, 2.05) is 6.92 Å². The van der Waals surface area contributed by atoms with E-state index in [1.165, 1.54) is 5.48 Å². The van der Waals surface area contributed by atoms with Gasteiger partial charge in [-0.25, -0.2) is 10.5 Å². The number of aliphatic hydroxyl groups excluding tert-OH is 1. The molecular formula is C19H31N3O5. The number of hydrogen-bond acceptors (Lipinski definition) is 6. The highest BCUT2D eigenvalue weighted by atomic mass is 16.5. The van der Waals surface area contributed by atoms with Crippen LogP contribution in [0.3, 0.4) is 0 Å². The molecule has 0 saturated carbocycles. The van der Waals surface area contributed by atoms with E-state index < -0.39 is 17.9 Å². The minimum atomic E-state index is -1.59. The smallest absolute Gasteiger partial charge is 0.272 e. The van der Waals surface area contributed by atoms with Crippen LogP contribution in [0.1, 0.15) is 70.6 Å². The Labute approximate surface area is 159 Å². The summed E-state index contributed by atoms with van der Waals surface area (Å²) >= 11 is 0. The van der Waals surface area contributed by atoms with Crippen LogP contribution in [0.2, 0.25) is 0 Å². The summed E-state index contributed by atoms with van der Waals surface area (Å²) in [5.74, 6) is -0.421. The average molecular weight is 381 g/mol. The summed E-state index contributed by atoms with van der Waals surface area (Å²) in [7, 11) is 0. The van der Waals surface area contributed by atoms with Crippen LogP contribution in [0.15, 0.2) is 10.6 Å². The van der Waals surface area contributed by atoms with Crippen molar-refractivity contribution in [2.24, 2.45) is 11.8 Å². The molecular weight excluding hydrogens is 350 g/mol. The zero-order valence-electron chi connectivity index (χ0n) is 16.4. The minimum Gasteiger partial charge on any atom is -0.443 e. The molecule has 3 unspecified atom stereocenters. The molecule has 27 heavy (non-hydrogen) atoms. The first-order valence-corrected chi connectivity index (χ1v) is 9.76. The Kier molecular flexibility index (Phi) is 7.79. The predicted molar refractivity (Wildman–Crippen MR) is 97.7 cm³/mol. The summed E-state index contributed by atoms with van der Waals surface area (Å²) in [6.07, 6.45) is 4.34. The van der Waals surface area contributed by atoms with E-state index in [-0.39, 0.29) is 11.9 Å². The molecule has 8 heteroatoms. The summed E-state index contributed by atoms with van der Waals surface area (Å²) in [6, 6.07) is -0.285. The maximum atomic E-state index is 13.1. The van der Waals surface area contributed by atoms with Gasteiger partial charge in [-0.05, 0) is 25.2 Å². The molecule has 0 spiro atoms. The summed E-state index contributed by atoms with van der Waals surface area (Å²) < 4.78 is 5.86. The molecule has 2 heterocycles. The van der Waals surface area contributed by atoms with Crippen LogP contribution in [-0.4, -0.2) is 44.7 Å². The van der Waals surface area contributed by atoms with Gasteiger partial charge < -0.3 is 14.4 Å². The van der Waals surface area contributed by atoms with E-state index >= 15 is 0 Å². The van der Waals surface area contributed by atoms with Crippen molar-refractivity contribution in [3.63, 3.8) is 0 Å². The fourth-order valence-electron chi connectivity index (χ4n) is 3.56. The van der Waals surface area contributed by atoms with Crippen molar-refractivity contribution >= 4 is 11.8 Å². The van der Waals surface area contributed by atoms with Crippen molar-refractivity contribution in [3.8, 4) is 0 Å². The fourth-order valence-corrected chi connectivity index (χ4v) is 3.56. The maximum Gasteiger partial charge on any atom is 0.272 e. The number of aromatic nitrogens is 1. The Morgan fingerprint density at radius 3 is 2.81 bits per heavy atom. The van der Waals surface area contributed by atoms with Gasteiger partial charge in [-0.1, -0.05) is 33.6 Å². The highest BCUT2D eigenvalue weighted by molar-refractivity contribution is 5.89. The quantitative estimate of drug-likeness (QED) is 0.446. The Morgan fingerprint density at radius 1 is 1.44 bits per heavy atom. The van der Waals surface area contributed by atoms with E-state index in [0.29, 0.717) is 31.2 Å². The van der Waals surface area contributed by atoms with Gasteiger partial charge in [0.05, 0.1) is 12.1 Å². The maximum absolute atomic E-state index is 13.1. The lowest BCUT2D eigenvalue weighted by Crippen LogP contribution is -2.46. The lowest BCUT2D eigenvalue weighted by atomic mass is 9.93. The van der Waals surface area contributed by atoms with Crippen molar-refractivity contribution in [2.45, 2.75) is 71.4 Å². The number of nitrogens with zero attached hydrogens (tertiary/aromatic N) is 2. The second-order valence-electron chi connectivity index (χ2n) is 7.62. The normalized spacial score (nSPS) is 19.3. The molecule has 8 nitrogen and oxygen atoms in total. The SMILES string of the molecule is CCCCC(C(=O)N1CCCC1c1ncc(CC(C)C)o1)C(O)C(=O)NO. The summed E-state index contributed by atoms with van der Waals surface area (Å²) in [6.45, 7) is 6.70. The van der Waals surface area contributed by atoms with Crippen molar-refractivity contribution in [2.75, 3.05) is 6.54 Å². The van der Waals surface area contributed by atoms with Crippen molar-refractivity contribution in [1.29, 1.82) is 0 Å². The number of carbonyl (C=O) groups excluding carboxylic acids is 2. The third kappa shape index (κ3) is 5.29. The van der Waals surface area contributed by atoms with Gasteiger partial charge in [0.25, 0.3) is 5.91 Å². The molecule has 3 atom stereocenters. The molecule has 0 aromatic carbocycles. The van der Waals surface area contributed by atoms with Crippen LogP contribution in [0.25, 0.3) is 0 Å². The third-order valence-corrected chi connectivity index (χ3v) is 4.95. The van der Waals surface area contributed by atoms with Crippen LogP contribution in [0.5, 0.6) is 0 Å². The van der Waals surface area contributed by atoms with Gasteiger partial charge in [-0.3, -0.25) is 14.8 Å². The lowest BCUT2D eigenvalue weighted by Gasteiger charge is -2.29. The molecule has 1 fully saturated rings. The first kappa shape index (κ1) is 21.4. The average Bonchev–Trinajstić information content (AvgIpc) is 3.29. The molecule has 1 aromatic rings. The van der Waals surface area contributed by atoms with E-state index in [9.17, 15) is 14.7 Å². The monoisotopic (exact) mass is 381 g/mol. The largest absolute Gasteiger partial charge is 0.443 e. The molecule has 3 N–H and O–H groups in total. The summed E-state index contributed by atoms with van der Waals surface area (Å²) in [5, 5.41) is 19.1. The number of amides is 2. The van der Waals surface area contributed by atoms with Crippen LogP contribution in [-0.2, 0) is 16.0 Å². The van der Waals surface area contributed by atoms with Gasteiger partial charge in [0.2, 0.25) is 11.8 Å². The Balaban J connectivity index is 2.17. The van der Waals surface area contributed by atoms with E-state index in [1.54, 1.807) is 11.1 Å². The topological polar surface area (TPSA) is 116 Å². The number of hydroxylamine groups is 1. The third-order valence-electron chi connectivity index (χ3n) is 4.95. The first-order valence-electron chi connectivity index (χ1n) is 9.76. The molecule has 0 bridgehead atoms. The number of carbonyl (C=O) groups is 2. The first-order chi connectivity index (χ1) is 12.9. The van der Waals surface area contributed by atoms with Crippen LogP contribution >= 0.6 is 0 Å². The number of rotatable bonds is 9. The lowest BCUT2D eigenvalue weighted by molar-refractivity contribution is -0.151. The molecule has 1 aliphatic rings. The number of aliphatic hydroxyl groups is 1. The van der Waals surface area contributed by atoms with E-state index in [4.69, 9.17) is 9.62 Å². The Morgan fingerprint density at radius 2 is 2.19 bits per heavy atom. The highest BCUT2D eigenvalue weighted by Crippen LogP contribution is 2.34. The van der Waals surface area contributed by atoms with Gasteiger partial charge >= 0.3 is 0 Å². The number of oxazole rings is 1. The van der Waals surface area contributed by atoms with Crippen LogP contribution < -0.4 is 5.48 Å². The molecule has 0 radical (unpaired) electrons. The van der Waals surface area contributed by atoms with Crippen molar-refractivity contribution in [1.82, 2.24) is 15.4 Å². The van der Waals surface area contributed by atoms with Crippen LogP contribution in [0, 0.1) is 11.8 Å². The molecule has 2 amide bonds. The number of nitrogens with one attached hydrogen (secondary N) is 1. The Hall–Kier alpha value is -1.93. The fraction of sp³-hybridized carbons (Fsp3) is 0.737. The molecule has 0 aliphatic carbocycles. The van der Waals surface area contributed by atoms with Gasteiger partial charge in [0, 0.05) is 13.0 Å². The molecule has 1 aromatic heterocycles.